The number of hydrogen-bond donors (Lipinski definition) is 1. The van der Waals surface area contributed by atoms with Crippen molar-refractivity contribution in [2.24, 2.45) is 5.92 Å². The van der Waals surface area contributed by atoms with Crippen LogP contribution in [0.15, 0.2) is 35.1 Å². The third-order valence-corrected chi connectivity index (χ3v) is 7.44. The highest BCUT2D eigenvalue weighted by Gasteiger charge is 2.33. The van der Waals surface area contributed by atoms with Gasteiger partial charge in [0.25, 0.3) is 5.56 Å². The van der Waals surface area contributed by atoms with Gasteiger partial charge < -0.3 is 14.8 Å². The van der Waals surface area contributed by atoms with E-state index in [0.717, 1.165) is 56.2 Å². The van der Waals surface area contributed by atoms with Gasteiger partial charge in [0.1, 0.15) is 5.82 Å². The van der Waals surface area contributed by atoms with Crippen LogP contribution in [0.3, 0.4) is 0 Å². The second kappa shape index (κ2) is 9.49. The van der Waals surface area contributed by atoms with Gasteiger partial charge in [0.2, 0.25) is 11.8 Å². The lowest BCUT2D eigenvalue weighted by molar-refractivity contribution is -0.136. The Kier molecular flexibility index (Phi) is 6.29. The highest BCUT2D eigenvalue weighted by molar-refractivity contribution is 5.80. The number of nitrogens with zero attached hydrogens (tertiary/aromatic N) is 3. The van der Waals surface area contributed by atoms with Crippen LogP contribution in [-0.2, 0) is 29.0 Å². The molecule has 2 amide bonds. The minimum Gasteiger partial charge on any atom is -0.337 e. The Morgan fingerprint density at radius 2 is 1.76 bits per heavy atom. The molecule has 7 nitrogen and oxygen atoms in total. The Morgan fingerprint density at radius 1 is 1.00 bits per heavy atom. The predicted molar refractivity (Wildman–Crippen MR) is 124 cm³/mol. The summed E-state index contributed by atoms with van der Waals surface area (Å²) >= 11 is 0. The van der Waals surface area contributed by atoms with E-state index >= 15 is 0 Å². The lowest BCUT2D eigenvalue weighted by Gasteiger charge is -2.36. The topological polar surface area (TPSA) is 86.4 Å². The molecule has 2 aromatic rings. The maximum atomic E-state index is 13.1. The number of amides is 2. The average Bonchev–Trinajstić information content (AvgIpc) is 3.39. The number of H-pyrrole nitrogens is 1. The van der Waals surface area contributed by atoms with Gasteiger partial charge in [-0.25, -0.2) is 4.98 Å². The first-order valence-electron chi connectivity index (χ1n) is 12.3. The summed E-state index contributed by atoms with van der Waals surface area (Å²) in [4.78, 5) is 50.6. The number of aromatic nitrogens is 2. The quantitative estimate of drug-likeness (QED) is 0.779. The van der Waals surface area contributed by atoms with E-state index in [9.17, 15) is 14.4 Å². The van der Waals surface area contributed by atoms with E-state index in [1.807, 2.05) is 40.1 Å². The summed E-state index contributed by atoms with van der Waals surface area (Å²) in [6.45, 7) is 1.63. The summed E-state index contributed by atoms with van der Waals surface area (Å²) in [5.41, 5.74) is 2.21. The highest BCUT2D eigenvalue weighted by atomic mass is 16.2. The van der Waals surface area contributed by atoms with Gasteiger partial charge in [-0.05, 0) is 37.7 Å². The van der Waals surface area contributed by atoms with Gasteiger partial charge in [0, 0.05) is 25.4 Å². The van der Waals surface area contributed by atoms with Gasteiger partial charge in [-0.2, -0.15) is 0 Å². The molecule has 1 saturated heterocycles. The summed E-state index contributed by atoms with van der Waals surface area (Å²) in [6.07, 6.45) is 7.87. The van der Waals surface area contributed by atoms with E-state index in [0.29, 0.717) is 43.9 Å². The second-order valence-electron chi connectivity index (χ2n) is 9.63. The molecule has 1 aromatic heterocycles. The number of benzene rings is 1. The Morgan fingerprint density at radius 3 is 2.55 bits per heavy atom. The van der Waals surface area contributed by atoms with Gasteiger partial charge in [0.05, 0.1) is 30.3 Å². The average molecular weight is 449 g/mol. The third-order valence-electron chi connectivity index (χ3n) is 7.44. The monoisotopic (exact) mass is 448 g/mol. The molecule has 1 atom stereocenters. The molecule has 5 rings (SSSR count). The lowest BCUT2D eigenvalue weighted by atomic mass is 9.98. The maximum absolute atomic E-state index is 13.1. The van der Waals surface area contributed by atoms with Gasteiger partial charge in [-0.3, -0.25) is 14.4 Å². The number of piperidine rings is 1. The van der Waals surface area contributed by atoms with E-state index in [1.165, 1.54) is 0 Å². The summed E-state index contributed by atoms with van der Waals surface area (Å²) in [7, 11) is 0. The minimum atomic E-state index is -0.203. The number of fused-ring (bicyclic) bond motifs is 1. The van der Waals surface area contributed by atoms with Gasteiger partial charge in [0.15, 0.2) is 0 Å². The van der Waals surface area contributed by atoms with Crippen LogP contribution in [0.4, 0.5) is 0 Å². The molecule has 2 fully saturated rings. The molecule has 174 valence electrons. The zero-order chi connectivity index (χ0) is 22.8. The lowest BCUT2D eigenvalue weighted by Crippen LogP contribution is -2.44. The molecule has 1 N–H and O–H groups in total. The molecule has 1 unspecified atom stereocenters. The number of nitrogens with one attached hydrogen (secondary N) is 1. The van der Waals surface area contributed by atoms with Gasteiger partial charge in [-0.15, -0.1) is 0 Å². The van der Waals surface area contributed by atoms with Gasteiger partial charge >= 0.3 is 0 Å². The van der Waals surface area contributed by atoms with Crippen molar-refractivity contribution in [1.82, 2.24) is 19.8 Å². The van der Waals surface area contributed by atoms with Crippen LogP contribution in [0.25, 0.3) is 0 Å². The fourth-order valence-corrected chi connectivity index (χ4v) is 5.61. The zero-order valence-electron chi connectivity index (χ0n) is 19.1. The Hall–Kier alpha value is -2.96. The molecular formula is C26H32N4O3. The van der Waals surface area contributed by atoms with E-state index in [2.05, 4.69) is 4.98 Å². The summed E-state index contributed by atoms with van der Waals surface area (Å²) in [6, 6.07) is 9.57. The van der Waals surface area contributed by atoms with Crippen molar-refractivity contribution in [3.63, 3.8) is 0 Å². The number of carbonyl (C=O) groups is 2. The molecular weight excluding hydrogens is 416 g/mol. The van der Waals surface area contributed by atoms with Crippen molar-refractivity contribution in [1.29, 1.82) is 0 Å². The molecule has 3 aliphatic rings. The van der Waals surface area contributed by atoms with Crippen LogP contribution < -0.4 is 5.56 Å². The normalized spacial score (nSPS) is 21.2. The van der Waals surface area contributed by atoms with Crippen molar-refractivity contribution < 1.29 is 9.59 Å². The minimum absolute atomic E-state index is 0.0691. The zero-order valence-corrected chi connectivity index (χ0v) is 19.1. The van der Waals surface area contributed by atoms with Crippen molar-refractivity contribution in [3.05, 3.63) is 63.3 Å². The summed E-state index contributed by atoms with van der Waals surface area (Å²) < 4.78 is 0. The van der Waals surface area contributed by atoms with Crippen LogP contribution in [-0.4, -0.2) is 44.7 Å². The SMILES string of the molecule is O=C(C1CCCC1)N1CCc2nc(C3CCCCN3C(=O)Cc3ccccc3)[nH]c(=O)c2C1. The number of aromatic amines is 1. The number of carbonyl (C=O) groups excluding carboxylic acids is 2. The van der Waals surface area contributed by atoms with Crippen molar-refractivity contribution >= 4 is 11.8 Å². The molecule has 3 heterocycles. The Bertz CT molecular complexity index is 1070. The maximum Gasteiger partial charge on any atom is 0.256 e. The van der Waals surface area contributed by atoms with Crippen molar-refractivity contribution in [2.75, 3.05) is 13.1 Å². The molecule has 1 aliphatic carbocycles. The third kappa shape index (κ3) is 4.59. The first-order chi connectivity index (χ1) is 16.1. The van der Waals surface area contributed by atoms with E-state index in [-0.39, 0.29) is 29.3 Å². The summed E-state index contributed by atoms with van der Waals surface area (Å²) in [5, 5.41) is 0. The molecule has 1 saturated carbocycles. The Labute approximate surface area is 194 Å². The standard InChI is InChI=1S/C26H32N4O3/c31-23(16-18-8-2-1-3-9-18)30-14-7-6-12-22(30)24-27-21-13-15-29(17-20(21)25(32)28-24)26(33)19-10-4-5-11-19/h1-3,8-9,19,22H,4-7,10-17H2,(H,27,28,32). The van der Waals surface area contributed by atoms with Crippen molar-refractivity contribution in [2.45, 2.75) is 70.4 Å². The first kappa shape index (κ1) is 21.9. The van der Waals surface area contributed by atoms with Crippen LogP contribution in [0, 0.1) is 5.92 Å². The fraction of sp³-hybridized carbons (Fsp3) is 0.538. The van der Waals surface area contributed by atoms with E-state index < -0.39 is 0 Å². The first-order valence-corrected chi connectivity index (χ1v) is 12.3. The summed E-state index contributed by atoms with van der Waals surface area (Å²) in [5.74, 6) is 0.964. The van der Waals surface area contributed by atoms with Crippen molar-refractivity contribution in [3.8, 4) is 0 Å². The second-order valence-corrected chi connectivity index (χ2v) is 9.63. The van der Waals surface area contributed by atoms with E-state index in [1.54, 1.807) is 0 Å². The van der Waals surface area contributed by atoms with Crippen LogP contribution >= 0.6 is 0 Å². The molecule has 1 aromatic carbocycles. The van der Waals surface area contributed by atoms with E-state index in [4.69, 9.17) is 4.98 Å². The molecule has 33 heavy (non-hydrogen) atoms. The largest absolute Gasteiger partial charge is 0.337 e. The molecule has 7 heteroatoms. The fourth-order valence-electron chi connectivity index (χ4n) is 5.61. The highest BCUT2D eigenvalue weighted by Crippen LogP contribution is 2.31. The van der Waals surface area contributed by atoms with Crippen LogP contribution in [0.5, 0.6) is 0 Å². The predicted octanol–water partition coefficient (Wildman–Crippen LogP) is 3.14. The number of rotatable bonds is 4. The van der Waals surface area contributed by atoms with Gasteiger partial charge in [-0.1, -0.05) is 43.2 Å². The van der Waals surface area contributed by atoms with Crippen LogP contribution in [0.2, 0.25) is 0 Å². The number of likely N-dealkylation sites (tertiary alicyclic amines) is 1. The van der Waals surface area contributed by atoms with Crippen LogP contribution in [0.1, 0.15) is 73.6 Å². The Balaban J connectivity index is 1.35. The number of hydrogen-bond acceptors (Lipinski definition) is 4. The molecule has 0 bridgehead atoms. The molecule has 0 spiro atoms. The molecule has 0 radical (unpaired) electrons. The molecule has 2 aliphatic heterocycles. The smallest absolute Gasteiger partial charge is 0.256 e.